The summed E-state index contributed by atoms with van der Waals surface area (Å²) in [4.78, 5) is 11.7. The molecule has 0 unspecified atom stereocenters. The van der Waals surface area contributed by atoms with E-state index in [4.69, 9.17) is 9.47 Å². The third kappa shape index (κ3) is 4.66. The lowest BCUT2D eigenvalue weighted by Gasteiger charge is -2.06. The fourth-order valence-corrected chi connectivity index (χ4v) is 1.94. The molecule has 0 bridgehead atoms. The van der Waals surface area contributed by atoms with Crippen molar-refractivity contribution in [1.82, 2.24) is 0 Å². The monoisotopic (exact) mass is 298 g/mol. The molecule has 0 spiro atoms. The van der Waals surface area contributed by atoms with Crippen molar-refractivity contribution in [3.8, 4) is 11.5 Å². The van der Waals surface area contributed by atoms with Gasteiger partial charge in [0.2, 0.25) is 0 Å². The summed E-state index contributed by atoms with van der Waals surface area (Å²) in [5.74, 6) is 0.0603. The highest BCUT2D eigenvalue weighted by atomic mass is 16.5. The van der Waals surface area contributed by atoms with Gasteiger partial charge in [0, 0.05) is 0 Å². The lowest BCUT2D eigenvalue weighted by molar-refractivity contribution is -0.141. The Morgan fingerprint density at radius 2 is 1.95 bits per heavy atom. The van der Waals surface area contributed by atoms with E-state index < -0.39 is 0 Å². The van der Waals surface area contributed by atoms with E-state index in [0.29, 0.717) is 5.75 Å². The third-order valence-electron chi connectivity index (χ3n) is 3.04. The number of hydrogen-bond acceptors (Lipinski definition) is 4. The zero-order valence-electron chi connectivity index (χ0n) is 12.4. The minimum absolute atomic E-state index is 0.0467. The van der Waals surface area contributed by atoms with Crippen LogP contribution >= 0.6 is 0 Å². The maximum absolute atomic E-state index is 11.7. The normalized spacial score (nSPS) is 10.6. The summed E-state index contributed by atoms with van der Waals surface area (Å²) in [7, 11) is 1.46. The van der Waals surface area contributed by atoms with Crippen LogP contribution in [0.2, 0.25) is 0 Å². The molecule has 0 aliphatic heterocycles. The zero-order valence-corrected chi connectivity index (χ0v) is 12.4. The van der Waals surface area contributed by atoms with Gasteiger partial charge in [0.05, 0.1) is 13.5 Å². The fourth-order valence-electron chi connectivity index (χ4n) is 1.94. The van der Waals surface area contributed by atoms with Gasteiger partial charge >= 0.3 is 5.97 Å². The lowest BCUT2D eigenvalue weighted by atomic mass is 10.1. The Kier molecular flexibility index (Phi) is 5.60. The molecule has 0 amide bonds. The van der Waals surface area contributed by atoms with Crippen LogP contribution < -0.4 is 4.74 Å². The molecule has 2 rings (SSSR count). The van der Waals surface area contributed by atoms with Crippen LogP contribution in [0.25, 0.3) is 6.08 Å². The Morgan fingerprint density at radius 1 is 1.18 bits per heavy atom. The first-order valence-electron chi connectivity index (χ1n) is 6.92. The highest BCUT2D eigenvalue weighted by Crippen LogP contribution is 2.26. The topological polar surface area (TPSA) is 55.8 Å². The quantitative estimate of drug-likeness (QED) is 0.832. The number of ether oxygens (including phenoxy) is 2. The predicted octanol–water partition coefficient (Wildman–Crippen LogP) is 3.20. The van der Waals surface area contributed by atoms with Gasteiger partial charge in [0.25, 0.3) is 0 Å². The molecule has 0 aliphatic rings. The molecule has 0 fully saturated rings. The summed E-state index contributed by atoms with van der Waals surface area (Å²) >= 11 is 0. The second-order valence-corrected chi connectivity index (χ2v) is 4.68. The second kappa shape index (κ2) is 7.88. The van der Waals surface area contributed by atoms with Gasteiger partial charge in [0.15, 0.2) is 11.5 Å². The van der Waals surface area contributed by atoms with Crippen molar-refractivity contribution in [2.45, 2.75) is 6.42 Å². The summed E-state index contributed by atoms with van der Waals surface area (Å²) in [6.07, 6.45) is 3.83. The molecule has 0 saturated carbocycles. The fraction of sp³-hybridized carbons (Fsp3) is 0.167. The molecule has 0 atom stereocenters. The van der Waals surface area contributed by atoms with E-state index in [0.717, 1.165) is 11.1 Å². The molecule has 0 heterocycles. The Hall–Kier alpha value is -2.75. The van der Waals surface area contributed by atoms with Crippen LogP contribution in [-0.2, 0) is 16.0 Å². The summed E-state index contributed by atoms with van der Waals surface area (Å²) in [5.41, 5.74) is 1.79. The summed E-state index contributed by atoms with van der Waals surface area (Å²) in [6.45, 7) is 0.225. The summed E-state index contributed by atoms with van der Waals surface area (Å²) in [5, 5.41) is 9.50. The molecular weight excluding hydrogens is 280 g/mol. The summed E-state index contributed by atoms with van der Waals surface area (Å²) < 4.78 is 10.1. The van der Waals surface area contributed by atoms with Gasteiger partial charge in [-0.2, -0.15) is 0 Å². The first-order valence-corrected chi connectivity index (χ1v) is 6.92. The Labute approximate surface area is 129 Å². The molecule has 2 aromatic rings. The number of hydrogen-bond donors (Lipinski definition) is 1. The Bertz CT molecular complexity index is 647. The number of phenols is 1. The van der Waals surface area contributed by atoms with E-state index in [9.17, 15) is 9.90 Å². The number of carbonyl (C=O) groups excluding carboxylic acids is 1. The molecule has 0 aromatic heterocycles. The van der Waals surface area contributed by atoms with Crippen LogP contribution in [0.5, 0.6) is 11.5 Å². The molecule has 1 N–H and O–H groups in total. The van der Waals surface area contributed by atoms with Gasteiger partial charge in [-0.25, -0.2) is 0 Å². The maximum Gasteiger partial charge on any atom is 0.310 e. The number of rotatable bonds is 6. The van der Waals surface area contributed by atoms with E-state index in [1.54, 1.807) is 18.2 Å². The summed E-state index contributed by atoms with van der Waals surface area (Å²) in [6, 6.07) is 14.6. The van der Waals surface area contributed by atoms with Gasteiger partial charge in [-0.05, 0) is 29.3 Å². The number of benzene rings is 2. The lowest BCUT2D eigenvalue weighted by Crippen LogP contribution is -2.08. The van der Waals surface area contributed by atoms with Gasteiger partial charge in [-0.1, -0.05) is 42.5 Å². The van der Waals surface area contributed by atoms with Gasteiger partial charge in [-0.15, -0.1) is 0 Å². The first kappa shape index (κ1) is 15.6. The molecule has 0 radical (unpaired) electrons. The van der Waals surface area contributed by atoms with Gasteiger partial charge in [0.1, 0.15) is 6.61 Å². The number of carbonyl (C=O) groups is 1. The maximum atomic E-state index is 11.7. The van der Waals surface area contributed by atoms with E-state index in [1.807, 2.05) is 36.4 Å². The Balaban J connectivity index is 1.82. The van der Waals surface area contributed by atoms with Crippen LogP contribution in [0, 0.1) is 0 Å². The van der Waals surface area contributed by atoms with Crippen LogP contribution in [0.3, 0.4) is 0 Å². The largest absolute Gasteiger partial charge is 0.504 e. The van der Waals surface area contributed by atoms with E-state index in [-0.39, 0.29) is 24.7 Å². The van der Waals surface area contributed by atoms with Crippen LogP contribution in [-0.4, -0.2) is 24.8 Å². The minimum Gasteiger partial charge on any atom is -0.504 e. The minimum atomic E-state index is -0.328. The molecule has 0 aliphatic carbocycles. The smallest absolute Gasteiger partial charge is 0.310 e. The van der Waals surface area contributed by atoms with Crippen LogP contribution in [0.1, 0.15) is 11.1 Å². The average molecular weight is 298 g/mol. The van der Waals surface area contributed by atoms with Crippen molar-refractivity contribution in [3.63, 3.8) is 0 Å². The first-order chi connectivity index (χ1) is 10.7. The highest BCUT2D eigenvalue weighted by Gasteiger charge is 2.07. The van der Waals surface area contributed by atoms with Crippen molar-refractivity contribution in [2.75, 3.05) is 13.7 Å². The average Bonchev–Trinajstić information content (AvgIpc) is 2.54. The zero-order chi connectivity index (χ0) is 15.8. The van der Waals surface area contributed by atoms with Crippen molar-refractivity contribution in [3.05, 3.63) is 65.7 Å². The van der Waals surface area contributed by atoms with Crippen molar-refractivity contribution in [1.29, 1.82) is 0 Å². The molecule has 4 heteroatoms. The van der Waals surface area contributed by atoms with Gasteiger partial charge < -0.3 is 14.6 Å². The SMILES string of the molecule is COc1cc(CC(=O)OC/C=C/c2ccccc2)ccc1O. The standard InChI is InChI=1S/C18H18O4/c1-21-17-12-15(9-10-16(17)19)13-18(20)22-11-5-8-14-6-3-2-4-7-14/h2-10,12,19H,11,13H2,1H3/b8-5+. The van der Waals surface area contributed by atoms with Crippen molar-refractivity contribution < 1.29 is 19.4 Å². The number of methoxy groups -OCH3 is 1. The van der Waals surface area contributed by atoms with Gasteiger partial charge in [-0.3, -0.25) is 4.79 Å². The number of esters is 1. The Morgan fingerprint density at radius 3 is 2.68 bits per heavy atom. The van der Waals surface area contributed by atoms with Crippen LogP contribution in [0.15, 0.2) is 54.6 Å². The van der Waals surface area contributed by atoms with Crippen LogP contribution in [0.4, 0.5) is 0 Å². The predicted molar refractivity (Wildman–Crippen MR) is 84.8 cm³/mol. The molecule has 0 saturated heterocycles. The molecule has 4 nitrogen and oxygen atoms in total. The van der Waals surface area contributed by atoms with E-state index in [1.165, 1.54) is 13.2 Å². The van der Waals surface area contributed by atoms with E-state index >= 15 is 0 Å². The molecule has 22 heavy (non-hydrogen) atoms. The highest BCUT2D eigenvalue weighted by molar-refractivity contribution is 5.73. The molecular formula is C18H18O4. The van der Waals surface area contributed by atoms with Crippen molar-refractivity contribution in [2.24, 2.45) is 0 Å². The number of aromatic hydroxyl groups is 1. The third-order valence-corrected chi connectivity index (χ3v) is 3.04. The number of phenolic OH excluding ortho intramolecular Hbond substituents is 1. The van der Waals surface area contributed by atoms with Crippen molar-refractivity contribution >= 4 is 12.0 Å². The molecule has 114 valence electrons. The van der Waals surface area contributed by atoms with E-state index in [2.05, 4.69) is 0 Å². The molecule has 2 aromatic carbocycles. The second-order valence-electron chi connectivity index (χ2n) is 4.68.